The molecule has 0 radical (unpaired) electrons. The molecular formula is C22H22F2N2O4. The number of aliphatic imine (C=N–C) groups is 1. The van der Waals surface area contributed by atoms with E-state index in [-0.39, 0.29) is 30.4 Å². The van der Waals surface area contributed by atoms with Gasteiger partial charge in [0.05, 0.1) is 6.10 Å². The number of alkyl halides is 2. The van der Waals surface area contributed by atoms with Gasteiger partial charge < -0.3 is 25.1 Å². The summed E-state index contributed by atoms with van der Waals surface area (Å²) in [5, 5.41) is 10.3. The Kier molecular flexibility index (Phi) is 4.54. The zero-order chi connectivity index (χ0) is 20.9. The average Bonchev–Trinajstić information content (AvgIpc) is 3.11. The number of ether oxygens (including phenoxy) is 3. The van der Waals surface area contributed by atoms with Gasteiger partial charge in [0.1, 0.15) is 29.7 Å². The number of rotatable bonds is 3. The maximum Gasteiger partial charge on any atom is 0.387 e. The smallest absolute Gasteiger partial charge is 0.387 e. The highest BCUT2D eigenvalue weighted by Crippen LogP contribution is 2.53. The largest absolute Gasteiger partial charge is 0.490 e. The van der Waals surface area contributed by atoms with Crippen LogP contribution in [-0.2, 0) is 10.3 Å². The molecule has 1 aliphatic carbocycles. The van der Waals surface area contributed by atoms with Crippen LogP contribution in [0.4, 0.5) is 8.78 Å². The van der Waals surface area contributed by atoms with Crippen LogP contribution in [0, 0.1) is 5.92 Å². The van der Waals surface area contributed by atoms with Gasteiger partial charge in [0.25, 0.3) is 6.02 Å². The first-order valence-corrected chi connectivity index (χ1v) is 9.97. The van der Waals surface area contributed by atoms with Crippen molar-refractivity contribution in [3.8, 4) is 22.6 Å². The molecule has 2 heterocycles. The Balaban J connectivity index is 1.59. The summed E-state index contributed by atoms with van der Waals surface area (Å²) in [5.74, 6) is 0.727. The van der Waals surface area contributed by atoms with E-state index in [9.17, 15) is 13.9 Å². The van der Waals surface area contributed by atoms with E-state index >= 15 is 0 Å². The topological polar surface area (TPSA) is 86.3 Å². The van der Waals surface area contributed by atoms with Crippen molar-refractivity contribution in [3.63, 3.8) is 0 Å². The summed E-state index contributed by atoms with van der Waals surface area (Å²) in [4.78, 5) is 4.69. The van der Waals surface area contributed by atoms with E-state index in [1.54, 1.807) is 12.1 Å². The molecule has 30 heavy (non-hydrogen) atoms. The third-order valence-corrected chi connectivity index (χ3v) is 6.24. The number of hydrogen-bond donors (Lipinski definition) is 2. The summed E-state index contributed by atoms with van der Waals surface area (Å²) in [7, 11) is 0. The van der Waals surface area contributed by atoms with E-state index in [1.807, 2.05) is 24.3 Å². The maximum atomic E-state index is 12.6. The van der Waals surface area contributed by atoms with Crippen LogP contribution in [0.1, 0.15) is 24.8 Å². The van der Waals surface area contributed by atoms with Gasteiger partial charge in [-0.3, -0.25) is 0 Å². The zero-order valence-corrected chi connectivity index (χ0v) is 16.1. The molecule has 0 saturated heterocycles. The minimum atomic E-state index is -2.89. The normalized spacial score (nSPS) is 29.6. The highest BCUT2D eigenvalue weighted by Gasteiger charge is 2.55. The minimum absolute atomic E-state index is 0.0708. The van der Waals surface area contributed by atoms with Gasteiger partial charge in [0, 0.05) is 11.5 Å². The molecule has 2 aliphatic heterocycles. The summed E-state index contributed by atoms with van der Waals surface area (Å²) in [6.07, 6.45) is 1.47. The molecule has 8 heteroatoms. The van der Waals surface area contributed by atoms with Gasteiger partial charge in [-0.2, -0.15) is 8.78 Å². The molecule has 6 nitrogen and oxygen atoms in total. The first-order valence-electron chi connectivity index (χ1n) is 9.97. The van der Waals surface area contributed by atoms with Crippen LogP contribution in [0.5, 0.6) is 11.5 Å². The van der Waals surface area contributed by atoms with Crippen molar-refractivity contribution in [1.29, 1.82) is 0 Å². The van der Waals surface area contributed by atoms with E-state index in [0.717, 1.165) is 23.1 Å². The summed E-state index contributed by atoms with van der Waals surface area (Å²) in [6, 6.07) is 12.4. The Labute approximate surface area is 172 Å². The van der Waals surface area contributed by atoms with Crippen LogP contribution in [0.3, 0.4) is 0 Å². The lowest BCUT2D eigenvalue weighted by atomic mass is 9.67. The standard InChI is InChI=1S/C22H22F2N2O4/c23-20(24)29-15-3-1-2-12(8-15)13-4-6-18-16(9-13)22(11-28-21(25)26-22)17-10-14(27)5-7-19(17)30-18/h1-4,6,8-9,14,17,19-20,27H,5,7,10-11H2,(H2,25,26). The molecule has 5 rings (SSSR count). The number of benzene rings is 2. The fraction of sp³-hybridized carbons (Fsp3) is 0.409. The summed E-state index contributed by atoms with van der Waals surface area (Å²) < 4.78 is 41.6. The third-order valence-electron chi connectivity index (χ3n) is 6.24. The predicted octanol–water partition coefficient (Wildman–Crippen LogP) is 3.42. The van der Waals surface area contributed by atoms with Crippen LogP contribution in [0.25, 0.3) is 11.1 Å². The second-order valence-electron chi connectivity index (χ2n) is 8.01. The van der Waals surface area contributed by atoms with Crippen molar-refractivity contribution in [3.05, 3.63) is 48.0 Å². The SMILES string of the molecule is NC1=NC2(CO1)c1cc(-c3cccc(OC(F)F)c3)ccc1OC1CCC(O)CC12. The fourth-order valence-electron chi connectivity index (χ4n) is 4.90. The van der Waals surface area contributed by atoms with E-state index in [2.05, 4.69) is 9.73 Å². The van der Waals surface area contributed by atoms with Crippen molar-refractivity contribution in [1.82, 2.24) is 0 Å². The lowest BCUT2D eigenvalue weighted by molar-refractivity contribution is -0.0498. The Morgan fingerprint density at radius 1 is 1.17 bits per heavy atom. The van der Waals surface area contributed by atoms with Crippen LogP contribution in [0.2, 0.25) is 0 Å². The Morgan fingerprint density at radius 3 is 2.77 bits per heavy atom. The number of nitrogens with two attached hydrogens (primary N) is 1. The van der Waals surface area contributed by atoms with Crippen molar-refractivity contribution in [2.45, 2.75) is 43.6 Å². The van der Waals surface area contributed by atoms with E-state index < -0.39 is 18.3 Å². The molecule has 1 spiro atoms. The van der Waals surface area contributed by atoms with Crippen LogP contribution in [0.15, 0.2) is 47.5 Å². The molecule has 0 bridgehead atoms. The number of halogens is 2. The summed E-state index contributed by atoms with van der Waals surface area (Å²) in [5.41, 5.74) is 7.54. The first kappa shape index (κ1) is 19.1. The number of nitrogens with zero attached hydrogens (tertiary/aromatic N) is 1. The molecule has 158 valence electrons. The zero-order valence-electron chi connectivity index (χ0n) is 16.1. The molecule has 1 fully saturated rings. The first-order chi connectivity index (χ1) is 14.4. The second kappa shape index (κ2) is 7.12. The van der Waals surface area contributed by atoms with Gasteiger partial charge in [-0.05, 0) is 54.7 Å². The highest BCUT2D eigenvalue weighted by molar-refractivity contribution is 5.75. The van der Waals surface area contributed by atoms with Crippen LogP contribution < -0.4 is 15.2 Å². The Hall–Kier alpha value is -2.87. The van der Waals surface area contributed by atoms with Gasteiger partial charge in [-0.15, -0.1) is 0 Å². The molecular weight excluding hydrogens is 394 g/mol. The van der Waals surface area contributed by atoms with E-state index in [1.165, 1.54) is 6.07 Å². The van der Waals surface area contributed by atoms with Gasteiger partial charge in [-0.25, -0.2) is 4.99 Å². The Morgan fingerprint density at radius 2 is 2.00 bits per heavy atom. The third kappa shape index (κ3) is 3.15. The maximum absolute atomic E-state index is 12.6. The number of aliphatic hydroxyl groups excluding tert-OH is 1. The molecule has 3 aliphatic rings. The van der Waals surface area contributed by atoms with Crippen molar-refractivity contribution in [2.24, 2.45) is 16.6 Å². The van der Waals surface area contributed by atoms with E-state index in [0.29, 0.717) is 18.6 Å². The van der Waals surface area contributed by atoms with Crippen molar-refractivity contribution >= 4 is 6.02 Å². The number of amidine groups is 1. The molecule has 3 N–H and O–H groups in total. The molecule has 4 atom stereocenters. The molecule has 2 aromatic rings. The minimum Gasteiger partial charge on any atom is -0.490 e. The number of fused-ring (bicyclic) bond motifs is 4. The molecule has 2 aromatic carbocycles. The van der Waals surface area contributed by atoms with Gasteiger partial charge >= 0.3 is 6.61 Å². The molecule has 4 unspecified atom stereocenters. The van der Waals surface area contributed by atoms with Crippen LogP contribution >= 0.6 is 0 Å². The van der Waals surface area contributed by atoms with Gasteiger partial charge in [0.2, 0.25) is 0 Å². The molecule has 1 saturated carbocycles. The lowest BCUT2D eigenvalue weighted by Gasteiger charge is -2.47. The van der Waals surface area contributed by atoms with E-state index in [4.69, 9.17) is 15.2 Å². The number of aliphatic hydroxyl groups is 1. The highest BCUT2D eigenvalue weighted by atomic mass is 19.3. The lowest BCUT2D eigenvalue weighted by Crippen LogP contribution is -2.51. The van der Waals surface area contributed by atoms with Crippen LogP contribution in [-0.4, -0.2) is 36.6 Å². The van der Waals surface area contributed by atoms with Gasteiger partial charge in [-0.1, -0.05) is 18.2 Å². The van der Waals surface area contributed by atoms with Gasteiger partial charge in [0.15, 0.2) is 0 Å². The molecule has 0 aromatic heterocycles. The van der Waals surface area contributed by atoms with Crippen molar-refractivity contribution in [2.75, 3.05) is 6.61 Å². The quantitative estimate of drug-likeness (QED) is 0.801. The fourth-order valence-corrected chi connectivity index (χ4v) is 4.90. The summed E-state index contributed by atoms with van der Waals surface area (Å²) >= 11 is 0. The Bertz CT molecular complexity index is 999. The average molecular weight is 416 g/mol. The second-order valence-corrected chi connectivity index (χ2v) is 8.01. The summed E-state index contributed by atoms with van der Waals surface area (Å²) in [6.45, 7) is -2.61. The monoisotopic (exact) mass is 416 g/mol. The number of hydrogen-bond acceptors (Lipinski definition) is 6. The van der Waals surface area contributed by atoms with Crippen molar-refractivity contribution < 1.29 is 28.1 Å². The predicted molar refractivity (Wildman–Crippen MR) is 106 cm³/mol. The molecule has 0 amide bonds.